The van der Waals surface area contributed by atoms with Gasteiger partial charge in [0.25, 0.3) is 0 Å². The summed E-state index contributed by atoms with van der Waals surface area (Å²) in [6.45, 7) is 4.13. The van der Waals surface area contributed by atoms with Crippen LogP contribution in [0.3, 0.4) is 0 Å². The molecule has 0 amide bonds. The van der Waals surface area contributed by atoms with Crippen LogP contribution < -0.4 is 5.73 Å². The molecule has 0 spiro atoms. The largest absolute Gasteiger partial charge is 0.480 e. The molecule has 4 nitrogen and oxygen atoms in total. The van der Waals surface area contributed by atoms with Crippen molar-refractivity contribution in [3.63, 3.8) is 0 Å². The molecule has 0 aliphatic rings. The van der Waals surface area contributed by atoms with Crippen LogP contribution in [0.5, 0.6) is 0 Å². The van der Waals surface area contributed by atoms with E-state index in [0.717, 1.165) is 10.6 Å². The number of hydrogen-bond donors (Lipinski definition) is 2. The molecule has 1 unspecified atom stereocenters. The minimum absolute atomic E-state index is 0.262. The maximum absolute atomic E-state index is 10.9. The molecule has 5 heteroatoms. The highest BCUT2D eigenvalue weighted by Gasteiger charge is 2.28. The number of hydrogen-bond acceptors (Lipinski definition) is 4. The fourth-order valence-corrected chi connectivity index (χ4v) is 2.82. The van der Waals surface area contributed by atoms with Crippen LogP contribution >= 0.6 is 11.3 Å². The lowest BCUT2D eigenvalue weighted by Crippen LogP contribution is -2.22. The monoisotopic (exact) mass is 276 g/mol. The van der Waals surface area contributed by atoms with E-state index in [1.54, 1.807) is 5.38 Å². The summed E-state index contributed by atoms with van der Waals surface area (Å²) in [5, 5.41) is 11.5. The van der Waals surface area contributed by atoms with E-state index in [-0.39, 0.29) is 5.41 Å². The quantitative estimate of drug-likeness (QED) is 0.899. The molecule has 1 atom stereocenters. The van der Waals surface area contributed by atoms with E-state index in [2.05, 4.69) is 18.8 Å². The lowest BCUT2D eigenvalue weighted by molar-refractivity contribution is -0.138. The van der Waals surface area contributed by atoms with E-state index in [0.29, 0.717) is 5.69 Å². The van der Waals surface area contributed by atoms with Gasteiger partial charge in [0.15, 0.2) is 0 Å². The summed E-state index contributed by atoms with van der Waals surface area (Å²) < 4.78 is 0. The first-order chi connectivity index (χ1) is 8.93. The number of aromatic nitrogens is 1. The standard InChI is InChI=1S/C14H16N2O2S/c1-14(2,9-6-4-3-5-7-9)13-16-10(8-19-13)11(15)12(17)18/h3-8,11H,15H2,1-2H3,(H,17,18). The van der Waals surface area contributed by atoms with E-state index in [1.807, 2.05) is 30.3 Å². The van der Waals surface area contributed by atoms with Crippen LogP contribution in [0.25, 0.3) is 0 Å². The second-order valence-electron chi connectivity index (χ2n) is 4.88. The van der Waals surface area contributed by atoms with E-state index in [4.69, 9.17) is 10.8 Å². The van der Waals surface area contributed by atoms with Gasteiger partial charge in [0.1, 0.15) is 11.0 Å². The Kier molecular flexibility index (Phi) is 3.68. The van der Waals surface area contributed by atoms with Crippen LogP contribution in [-0.2, 0) is 10.2 Å². The molecule has 0 saturated carbocycles. The Labute approximate surface area is 115 Å². The molecule has 0 aliphatic carbocycles. The maximum atomic E-state index is 10.9. The summed E-state index contributed by atoms with van der Waals surface area (Å²) in [5.41, 5.74) is 6.87. The number of carboxylic acid groups (broad SMARTS) is 1. The predicted molar refractivity (Wildman–Crippen MR) is 75.2 cm³/mol. The summed E-state index contributed by atoms with van der Waals surface area (Å²) in [7, 11) is 0. The van der Waals surface area contributed by atoms with Crippen LogP contribution in [0.15, 0.2) is 35.7 Å². The lowest BCUT2D eigenvalue weighted by atomic mass is 9.85. The van der Waals surface area contributed by atoms with Crippen LogP contribution in [0.4, 0.5) is 0 Å². The van der Waals surface area contributed by atoms with Crippen LogP contribution in [0.1, 0.15) is 36.2 Å². The van der Waals surface area contributed by atoms with Gasteiger partial charge >= 0.3 is 5.97 Å². The molecule has 2 rings (SSSR count). The molecular formula is C14H16N2O2S. The van der Waals surface area contributed by atoms with Gasteiger partial charge in [-0.2, -0.15) is 0 Å². The van der Waals surface area contributed by atoms with Crippen molar-refractivity contribution in [1.29, 1.82) is 0 Å². The van der Waals surface area contributed by atoms with Gasteiger partial charge in [-0.1, -0.05) is 30.3 Å². The maximum Gasteiger partial charge on any atom is 0.326 e. The number of rotatable bonds is 4. The van der Waals surface area contributed by atoms with Gasteiger partial charge in [-0.05, 0) is 19.4 Å². The number of nitrogens with zero attached hydrogens (tertiary/aromatic N) is 1. The van der Waals surface area contributed by atoms with Crippen molar-refractivity contribution in [2.24, 2.45) is 5.73 Å². The number of nitrogens with two attached hydrogens (primary N) is 1. The summed E-state index contributed by atoms with van der Waals surface area (Å²) in [6.07, 6.45) is 0. The van der Waals surface area contributed by atoms with Gasteiger partial charge in [-0.25, -0.2) is 4.98 Å². The van der Waals surface area contributed by atoms with Gasteiger partial charge in [0.2, 0.25) is 0 Å². The second kappa shape index (κ2) is 5.11. The number of aliphatic carboxylic acids is 1. The minimum Gasteiger partial charge on any atom is -0.480 e. The van der Waals surface area contributed by atoms with Gasteiger partial charge in [0.05, 0.1) is 5.69 Å². The highest BCUT2D eigenvalue weighted by Crippen LogP contribution is 2.34. The van der Waals surface area contributed by atoms with Crippen molar-refractivity contribution in [3.8, 4) is 0 Å². The van der Waals surface area contributed by atoms with Gasteiger partial charge in [-0.15, -0.1) is 11.3 Å². The molecule has 100 valence electrons. The highest BCUT2D eigenvalue weighted by molar-refractivity contribution is 7.09. The summed E-state index contributed by atoms with van der Waals surface area (Å²) in [6, 6.07) is 8.95. The molecule has 3 N–H and O–H groups in total. The number of benzene rings is 1. The Hall–Kier alpha value is -1.72. The SMILES string of the molecule is CC(C)(c1ccccc1)c1nc(C(N)C(=O)O)cs1. The molecule has 1 aromatic heterocycles. The molecule has 1 heterocycles. The van der Waals surface area contributed by atoms with Crippen molar-refractivity contribution in [1.82, 2.24) is 4.98 Å². The summed E-state index contributed by atoms with van der Waals surface area (Å²) in [4.78, 5) is 15.3. The smallest absolute Gasteiger partial charge is 0.326 e. The van der Waals surface area contributed by atoms with Crippen LogP contribution in [0.2, 0.25) is 0 Å². The van der Waals surface area contributed by atoms with Crippen molar-refractivity contribution in [3.05, 3.63) is 52.0 Å². The lowest BCUT2D eigenvalue weighted by Gasteiger charge is -2.22. The Bertz CT molecular complexity index is 578. The molecule has 0 bridgehead atoms. The topological polar surface area (TPSA) is 76.2 Å². The molecule has 0 saturated heterocycles. The van der Waals surface area contributed by atoms with Gasteiger partial charge in [-0.3, -0.25) is 4.79 Å². The highest BCUT2D eigenvalue weighted by atomic mass is 32.1. The van der Waals surface area contributed by atoms with Crippen molar-refractivity contribution < 1.29 is 9.90 Å². The third-order valence-electron chi connectivity index (χ3n) is 3.14. The molecule has 0 aliphatic heterocycles. The van der Waals surface area contributed by atoms with E-state index >= 15 is 0 Å². The summed E-state index contributed by atoms with van der Waals surface area (Å²) >= 11 is 1.44. The van der Waals surface area contributed by atoms with E-state index in [9.17, 15) is 4.79 Å². The molecule has 19 heavy (non-hydrogen) atoms. The van der Waals surface area contributed by atoms with E-state index < -0.39 is 12.0 Å². The van der Waals surface area contributed by atoms with E-state index in [1.165, 1.54) is 11.3 Å². The second-order valence-corrected chi connectivity index (χ2v) is 5.74. The number of thiazole rings is 1. The van der Waals surface area contributed by atoms with Crippen LogP contribution in [-0.4, -0.2) is 16.1 Å². The fraction of sp³-hybridized carbons (Fsp3) is 0.286. The van der Waals surface area contributed by atoms with Crippen molar-refractivity contribution >= 4 is 17.3 Å². The number of carbonyl (C=O) groups is 1. The average molecular weight is 276 g/mol. The van der Waals surface area contributed by atoms with Crippen molar-refractivity contribution in [2.75, 3.05) is 0 Å². The average Bonchev–Trinajstić information content (AvgIpc) is 2.89. The van der Waals surface area contributed by atoms with Gasteiger partial charge < -0.3 is 10.8 Å². The molecular weight excluding hydrogens is 260 g/mol. The Morgan fingerprint density at radius 2 is 2.00 bits per heavy atom. The van der Waals surface area contributed by atoms with Gasteiger partial charge in [0, 0.05) is 10.8 Å². The Morgan fingerprint density at radius 3 is 2.58 bits per heavy atom. The zero-order chi connectivity index (χ0) is 14.0. The normalized spacial score (nSPS) is 13.2. The zero-order valence-electron chi connectivity index (χ0n) is 10.8. The predicted octanol–water partition coefficient (Wildman–Crippen LogP) is 2.55. The van der Waals surface area contributed by atoms with Crippen LogP contribution in [0, 0.1) is 0 Å². The first-order valence-corrected chi connectivity index (χ1v) is 6.80. The minimum atomic E-state index is -1.06. The zero-order valence-corrected chi connectivity index (χ0v) is 11.6. The third-order valence-corrected chi connectivity index (χ3v) is 4.32. The fourth-order valence-electron chi connectivity index (χ4n) is 1.82. The summed E-state index contributed by atoms with van der Waals surface area (Å²) in [5.74, 6) is -1.06. The molecule has 0 radical (unpaired) electrons. The van der Waals surface area contributed by atoms with Crippen molar-refractivity contribution in [2.45, 2.75) is 25.3 Å². The molecule has 1 aromatic carbocycles. The Morgan fingerprint density at radius 1 is 1.37 bits per heavy atom. The molecule has 0 fully saturated rings. The molecule has 2 aromatic rings. The Balaban J connectivity index is 2.35. The third kappa shape index (κ3) is 2.67. The first-order valence-electron chi connectivity index (χ1n) is 5.92. The number of carboxylic acids is 1. The first kappa shape index (κ1) is 13.7.